The van der Waals surface area contributed by atoms with Crippen LogP contribution in [0.3, 0.4) is 0 Å². The van der Waals surface area contributed by atoms with Crippen LogP contribution in [-0.4, -0.2) is 27.6 Å². The maximum Gasteiger partial charge on any atom is 0.115 e. The van der Waals surface area contributed by atoms with Crippen molar-refractivity contribution in [3.63, 3.8) is 0 Å². The molecule has 0 spiro atoms. The molecule has 3 aromatic rings. The zero-order valence-corrected chi connectivity index (χ0v) is 14.9. The minimum atomic E-state index is 0.503. The zero-order chi connectivity index (χ0) is 16.8. The summed E-state index contributed by atoms with van der Waals surface area (Å²) in [6.45, 7) is 2.04. The van der Waals surface area contributed by atoms with Gasteiger partial charge in [-0.25, -0.2) is 4.98 Å². The number of nitrogens with zero attached hydrogens (tertiary/aromatic N) is 4. The molecule has 5 rings (SSSR count). The molecule has 0 bridgehead atoms. The molecule has 128 valence electrons. The van der Waals surface area contributed by atoms with Gasteiger partial charge in [0.25, 0.3) is 0 Å². The molecule has 1 saturated carbocycles. The van der Waals surface area contributed by atoms with Gasteiger partial charge in [0.1, 0.15) is 11.3 Å². The molecule has 25 heavy (non-hydrogen) atoms. The zero-order valence-electron chi connectivity index (χ0n) is 14.1. The molecule has 3 aromatic heterocycles. The first-order valence-electron chi connectivity index (χ1n) is 9.17. The normalized spacial score (nSPS) is 24.4. The van der Waals surface area contributed by atoms with Crippen LogP contribution < -0.4 is 5.32 Å². The first-order valence-corrected chi connectivity index (χ1v) is 10.0. The lowest BCUT2D eigenvalue weighted by Gasteiger charge is -2.33. The van der Waals surface area contributed by atoms with E-state index in [9.17, 15) is 0 Å². The third kappa shape index (κ3) is 2.45. The Labute approximate surface area is 150 Å². The number of thiophene rings is 1. The Kier molecular flexibility index (Phi) is 3.72. The van der Waals surface area contributed by atoms with Crippen LogP contribution in [0.4, 0.5) is 0 Å². The summed E-state index contributed by atoms with van der Waals surface area (Å²) in [5.41, 5.74) is 3.40. The van der Waals surface area contributed by atoms with E-state index in [0.29, 0.717) is 24.3 Å². The average molecular weight is 351 g/mol. The minimum absolute atomic E-state index is 0.503. The molecule has 0 aromatic carbocycles. The monoisotopic (exact) mass is 351 g/mol. The van der Waals surface area contributed by atoms with Crippen molar-refractivity contribution in [1.82, 2.24) is 19.9 Å². The Balaban J connectivity index is 1.62. The van der Waals surface area contributed by atoms with E-state index in [1.165, 1.54) is 16.0 Å². The Morgan fingerprint density at radius 1 is 1.24 bits per heavy atom. The van der Waals surface area contributed by atoms with Crippen LogP contribution >= 0.6 is 11.3 Å². The molecule has 0 radical (unpaired) electrons. The summed E-state index contributed by atoms with van der Waals surface area (Å²) in [4.78, 5) is 9.60. The van der Waals surface area contributed by atoms with E-state index in [2.05, 4.69) is 32.4 Å². The fourth-order valence-corrected chi connectivity index (χ4v) is 5.25. The van der Waals surface area contributed by atoms with Gasteiger partial charge in [0.2, 0.25) is 0 Å². The summed E-state index contributed by atoms with van der Waals surface area (Å²) in [5, 5.41) is 14.5. The summed E-state index contributed by atoms with van der Waals surface area (Å²) in [7, 11) is 0. The summed E-state index contributed by atoms with van der Waals surface area (Å²) in [5.74, 6) is 2.33. The molecule has 4 heterocycles. The summed E-state index contributed by atoms with van der Waals surface area (Å²) in [6.07, 6.45) is 7.26. The highest BCUT2D eigenvalue weighted by atomic mass is 32.1. The van der Waals surface area contributed by atoms with Crippen molar-refractivity contribution in [2.24, 2.45) is 5.92 Å². The Morgan fingerprint density at radius 2 is 2.08 bits per heavy atom. The second-order valence-electron chi connectivity index (χ2n) is 7.36. The first kappa shape index (κ1) is 15.3. The number of fused-ring (bicyclic) bond motifs is 3. The van der Waals surface area contributed by atoms with E-state index in [1.54, 1.807) is 11.3 Å². The number of imidazole rings is 1. The maximum atomic E-state index is 8.98. The molecule has 1 N–H and O–H groups in total. The third-order valence-corrected chi connectivity index (χ3v) is 6.77. The minimum Gasteiger partial charge on any atom is -0.323 e. The van der Waals surface area contributed by atoms with Gasteiger partial charge >= 0.3 is 0 Å². The van der Waals surface area contributed by atoms with E-state index in [0.717, 1.165) is 49.8 Å². The van der Waals surface area contributed by atoms with Crippen molar-refractivity contribution >= 4 is 32.6 Å². The third-order valence-electron chi connectivity index (χ3n) is 5.86. The largest absolute Gasteiger partial charge is 0.323 e. The molecule has 2 aliphatic rings. The lowest BCUT2D eigenvalue weighted by Crippen LogP contribution is -2.41. The van der Waals surface area contributed by atoms with Gasteiger partial charge in [-0.2, -0.15) is 5.26 Å². The number of nitriles is 1. The molecule has 1 aliphatic carbocycles. The van der Waals surface area contributed by atoms with Crippen LogP contribution in [0.25, 0.3) is 21.3 Å². The van der Waals surface area contributed by atoms with Crippen LogP contribution in [0.15, 0.2) is 17.6 Å². The van der Waals surface area contributed by atoms with Gasteiger partial charge in [-0.15, -0.1) is 11.3 Å². The molecule has 2 fully saturated rings. The Morgan fingerprint density at radius 3 is 2.80 bits per heavy atom. The van der Waals surface area contributed by atoms with Gasteiger partial charge in [0.05, 0.1) is 28.0 Å². The summed E-state index contributed by atoms with van der Waals surface area (Å²) < 4.78 is 3.81. The van der Waals surface area contributed by atoms with Crippen LogP contribution in [0, 0.1) is 17.2 Å². The van der Waals surface area contributed by atoms with Crippen LogP contribution in [-0.2, 0) is 0 Å². The molecule has 5 nitrogen and oxygen atoms in total. The van der Waals surface area contributed by atoms with Crippen molar-refractivity contribution in [2.45, 2.75) is 44.1 Å². The molecule has 6 heteroatoms. The number of pyridine rings is 1. The van der Waals surface area contributed by atoms with Crippen molar-refractivity contribution in [1.29, 1.82) is 5.26 Å². The predicted molar refractivity (Wildman–Crippen MR) is 99.7 cm³/mol. The van der Waals surface area contributed by atoms with Gasteiger partial charge in [-0.05, 0) is 43.0 Å². The van der Waals surface area contributed by atoms with E-state index in [4.69, 9.17) is 10.2 Å². The Bertz CT molecular complexity index is 953. The summed E-state index contributed by atoms with van der Waals surface area (Å²) in [6, 6.07) is 4.96. The lowest BCUT2D eigenvalue weighted by molar-refractivity contribution is 0.270. The number of nitrogens with one attached hydrogen (secondary N) is 1. The van der Waals surface area contributed by atoms with Gasteiger partial charge in [0, 0.05) is 31.5 Å². The smallest absolute Gasteiger partial charge is 0.115 e. The van der Waals surface area contributed by atoms with E-state index in [-0.39, 0.29) is 0 Å². The van der Waals surface area contributed by atoms with Crippen LogP contribution in [0.1, 0.15) is 49.9 Å². The van der Waals surface area contributed by atoms with Crippen LogP contribution in [0.2, 0.25) is 0 Å². The topological polar surface area (TPSA) is 66.5 Å². The quantitative estimate of drug-likeness (QED) is 0.775. The lowest BCUT2D eigenvalue weighted by atomic mass is 9.84. The average Bonchev–Trinajstić information content (AvgIpc) is 3.18. The van der Waals surface area contributed by atoms with E-state index in [1.807, 2.05) is 6.20 Å². The molecular formula is C19H21N5S. The fraction of sp³-hybridized carbons (Fsp3) is 0.526. The fourth-order valence-electron chi connectivity index (χ4n) is 4.36. The van der Waals surface area contributed by atoms with E-state index >= 15 is 0 Å². The number of hydrogen-bond donors (Lipinski definition) is 1. The van der Waals surface area contributed by atoms with Gasteiger partial charge < -0.3 is 9.88 Å². The molecule has 0 atom stereocenters. The van der Waals surface area contributed by atoms with Gasteiger partial charge in [0.15, 0.2) is 0 Å². The van der Waals surface area contributed by atoms with Crippen molar-refractivity contribution in [3.8, 4) is 6.07 Å². The molecule has 0 amide bonds. The number of hydrogen-bond acceptors (Lipinski definition) is 5. The van der Waals surface area contributed by atoms with E-state index < -0.39 is 0 Å². The highest BCUT2D eigenvalue weighted by molar-refractivity contribution is 7.18. The maximum absolute atomic E-state index is 8.98. The SMILES string of the molecule is N#CCC1CCC(n2c(C3CNC3)nc3cnc4ccsc4c32)CC1. The molecule has 0 unspecified atom stereocenters. The second kappa shape index (κ2) is 6.08. The van der Waals surface area contributed by atoms with Gasteiger partial charge in [-0.1, -0.05) is 0 Å². The van der Waals surface area contributed by atoms with Crippen LogP contribution in [0.5, 0.6) is 0 Å². The standard InChI is InChI=1S/C19H21N5S/c20-7-5-12-1-3-14(4-2-12)24-17-16(23-19(24)13-9-21-10-13)11-22-15-6-8-25-18(15)17/h6,8,11-14,21H,1-5,9-10H2. The number of aromatic nitrogens is 3. The van der Waals surface area contributed by atoms with Crippen molar-refractivity contribution in [2.75, 3.05) is 13.1 Å². The number of rotatable bonds is 3. The molecule has 1 saturated heterocycles. The molecular weight excluding hydrogens is 330 g/mol. The highest BCUT2D eigenvalue weighted by Crippen LogP contribution is 2.40. The second-order valence-corrected chi connectivity index (χ2v) is 8.28. The highest BCUT2D eigenvalue weighted by Gasteiger charge is 2.31. The van der Waals surface area contributed by atoms with Crippen molar-refractivity contribution < 1.29 is 0 Å². The molecule has 1 aliphatic heterocycles. The first-order chi connectivity index (χ1) is 12.3. The van der Waals surface area contributed by atoms with Crippen molar-refractivity contribution in [3.05, 3.63) is 23.5 Å². The van der Waals surface area contributed by atoms with Gasteiger partial charge in [-0.3, -0.25) is 4.98 Å². The predicted octanol–water partition coefficient (Wildman–Crippen LogP) is 3.98. The Hall–Kier alpha value is -1.97. The summed E-state index contributed by atoms with van der Waals surface area (Å²) >= 11 is 1.77.